The smallest absolute Gasteiger partial charge is 0.306 e. The van der Waals surface area contributed by atoms with Crippen LogP contribution in [0.4, 0.5) is 0 Å². The summed E-state index contributed by atoms with van der Waals surface area (Å²) in [6.07, 6.45) is 3.68. The minimum atomic E-state index is -1.36. The molecule has 0 radical (unpaired) electrons. The van der Waals surface area contributed by atoms with Crippen molar-refractivity contribution in [2.45, 2.75) is 58.5 Å². The van der Waals surface area contributed by atoms with Gasteiger partial charge in [-0.15, -0.1) is 0 Å². The minimum absolute atomic E-state index is 0.189. The van der Waals surface area contributed by atoms with Gasteiger partial charge in [0.15, 0.2) is 0 Å². The average Bonchev–Trinajstić information content (AvgIpc) is 2.81. The number of ketones is 2. The topological polar surface area (TPSA) is 69.7 Å². The maximum Gasteiger partial charge on any atom is 0.306 e. The maximum atomic E-state index is 12.5. The fourth-order valence-electron chi connectivity index (χ4n) is 2.71. The fraction of sp³-hybridized carbons (Fsp3) is 0.526. The summed E-state index contributed by atoms with van der Waals surface area (Å²) >= 11 is 0. The molecule has 0 aliphatic heterocycles. The Labute approximate surface area is 142 Å². The first kappa shape index (κ1) is 18.2. The summed E-state index contributed by atoms with van der Waals surface area (Å²) in [4.78, 5) is 36.5. The molecule has 1 unspecified atom stereocenters. The first-order chi connectivity index (χ1) is 11.6. The van der Waals surface area contributed by atoms with Crippen molar-refractivity contribution in [1.29, 1.82) is 0 Å². The van der Waals surface area contributed by atoms with E-state index in [1.807, 2.05) is 6.92 Å². The van der Waals surface area contributed by atoms with Crippen LogP contribution in [-0.2, 0) is 9.53 Å². The van der Waals surface area contributed by atoms with Gasteiger partial charge in [-0.3, -0.25) is 14.4 Å². The molecular weight excluding hydrogens is 308 g/mol. The van der Waals surface area contributed by atoms with Crippen LogP contribution in [0.1, 0.15) is 73.1 Å². The lowest BCUT2D eigenvalue weighted by Crippen LogP contribution is -2.28. The standard InChI is InChI=1S/C19H24O5/c1-3-5-6-7-12-23-14-11-8-10-13-16(14)18(22)19(17(13)21)24-15(20)9-4-2/h8,10-11,19H,3-7,9,12H2,1-2H3. The Kier molecular flexibility index (Phi) is 6.53. The number of rotatable bonds is 9. The molecule has 130 valence electrons. The molecule has 0 saturated heterocycles. The highest BCUT2D eigenvalue weighted by Crippen LogP contribution is 2.32. The average molecular weight is 332 g/mol. The van der Waals surface area contributed by atoms with Crippen molar-refractivity contribution in [1.82, 2.24) is 0 Å². The molecule has 0 fully saturated rings. The fourth-order valence-corrected chi connectivity index (χ4v) is 2.71. The van der Waals surface area contributed by atoms with Crippen LogP contribution in [0.5, 0.6) is 5.75 Å². The largest absolute Gasteiger partial charge is 0.493 e. The normalized spacial score (nSPS) is 16.2. The first-order valence-corrected chi connectivity index (χ1v) is 8.63. The highest BCUT2D eigenvalue weighted by Gasteiger charge is 2.43. The van der Waals surface area contributed by atoms with Crippen LogP contribution < -0.4 is 4.74 Å². The van der Waals surface area contributed by atoms with Crippen molar-refractivity contribution in [3.8, 4) is 5.75 Å². The molecule has 1 aromatic carbocycles. The molecule has 1 aromatic rings. The molecular formula is C19H24O5. The third kappa shape index (κ3) is 4.02. The Bertz CT molecular complexity index is 620. The number of ether oxygens (including phenoxy) is 2. The molecule has 5 heteroatoms. The van der Waals surface area contributed by atoms with E-state index in [9.17, 15) is 14.4 Å². The van der Waals surface area contributed by atoms with Crippen LogP contribution >= 0.6 is 0 Å². The number of esters is 1. The minimum Gasteiger partial charge on any atom is -0.493 e. The summed E-state index contributed by atoms with van der Waals surface area (Å²) in [7, 11) is 0. The van der Waals surface area contributed by atoms with Crippen molar-refractivity contribution in [2.75, 3.05) is 6.61 Å². The number of hydrogen-bond acceptors (Lipinski definition) is 5. The molecule has 1 atom stereocenters. The zero-order valence-corrected chi connectivity index (χ0v) is 14.3. The number of hydrogen-bond donors (Lipinski definition) is 0. The van der Waals surface area contributed by atoms with Gasteiger partial charge in [-0.25, -0.2) is 0 Å². The molecule has 5 nitrogen and oxygen atoms in total. The van der Waals surface area contributed by atoms with Crippen LogP contribution in [-0.4, -0.2) is 30.2 Å². The molecule has 1 aliphatic carbocycles. The number of benzene rings is 1. The molecule has 0 bridgehead atoms. The lowest BCUT2D eigenvalue weighted by molar-refractivity contribution is -0.145. The van der Waals surface area contributed by atoms with Gasteiger partial charge in [-0.2, -0.15) is 0 Å². The third-order valence-corrected chi connectivity index (χ3v) is 3.97. The van der Waals surface area contributed by atoms with Crippen molar-refractivity contribution in [3.63, 3.8) is 0 Å². The van der Waals surface area contributed by atoms with E-state index in [4.69, 9.17) is 9.47 Å². The molecule has 0 amide bonds. The number of fused-ring (bicyclic) bond motifs is 1. The second kappa shape index (κ2) is 8.62. The summed E-state index contributed by atoms with van der Waals surface area (Å²) in [5.74, 6) is -1.07. The molecule has 0 aromatic heterocycles. The lowest BCUT2D eigenvalue weighted by atomic mass is 10.1. The van der Waals surface area contributed by atoms with Crippen molar-refractivity contribution < 1.29 is 23.9 Å². The Morgan fingerprint density at radius 2 is 1.83 bits per heavy atom. The van der Waals surface area contributed by atoms with E-state index in [0.29, 0.717) is 18.8 Å². The van der Waals surface area contributed by atoms with Crippen LogP contribution in [0.3, 0.4) is 0 Å². The van der Waals surface area contributed by atoms with E-state index < -0.39 is 23.6 Å². The Morgan fingerprint density at radius 1 is 1.04 bits per heavy atom. The van der Waals surface area contributed by atoms with Crippen molar-refractivity contribution >= 4 is 17.5 Å². The predicted octanol–water partition coefficient (Wildman–Crippen LogP) is 3.74. The zero-order chi connectivity index (χ0) is 17.5. The Hall–Kier alpha value is -2.17. The van der Waals surface area contributed by atoms with Crippen LogP contribution in [0, 0.1) is 0 Å². The van der Waals surface area contributed by atoms with E-state index >= 15 is 0 Å². The van der Waals surface area contributed by atoms with Gasteiger partial charge in [0.25, 0.3) is 0 Å². The summed E-state index contributed by atoms with van der Waals surface area (Å²) in [6, 6.07) is 4.94. The van der Waals surface area contributed by atoms with E-state index in [0.717, 1.165) is 25.7 Å². The number of Topliss-reactive ketones (excluding diaryl/α,β-unsaturated/α-hetero) is 2. The van der Waals surface area contributed by atoms with Gasteiger partial charge < -0.3 is 9.47 Å². The van der Waals surface area contributed by atoms with Gasteiger partial charge in [0.05, 0.1) is 12.2 Å². The van der Waals surface area contributed by atoms with Gasteiger partial charge in [0.2, 0.25) is 17.7 Å². The van der Waals surface area contributed by atoms with Crippen LogP contribution in [0.25, 0.3) is 0 Å². The first-order valence-electron chi connectivity index (χ1n) is 8.63. The van der Waals surface area contributed by atoms with E-state index in [2.05, 4.69) is 6.92 Å². The highest BCUT2D eigenvalue weighted by atomic mass is 16.6. The van der Waals surface area contributed by atoms with Crippen LogP contribution in [0.15, 0.2) is 18.2 Å². The Balaban J connectivity index is 2.09. The molecule has 1 aliphatic rings. The molecule has 0 spiro atoms. The van der Waals surface area contributed by atoms with Gasteiger partial charge in [-0.1, -0.05) is 45.2 Å². The van der Waals surface area contributed by atoms with E-state index in [1.165, 1.54) is 0 Å². The molecule has 0 N–H and O–H groups in total. The highest BCUT2D eigenvalue weighted by molar-refractivity contribution is 6.30. The SMILES string of the molecule is CCCCCCOc1cccc2c1C(=O)C(OC(=O)CCC)C2=O. The van der Waals surface area contributed by atoms with E-state index in [1.54, 1.807) is 18.2 Å². The molecule has 2 rings (SSSR count). The lowest BCUT2D eigenvalue weighted by Gasteiger charge is -2.10. The quantitative estimate of drug-likeness (QED) is 0.391. The summed E-state index contributed by atoms with van der Waals surface area (Å²) in [5, 5.41) is 0. The van der Waals surface area contributed by atoms with Crippen molar-refractivity contribution in [2.24, 2.45) is 0 Å². The number of carbonyl (C=O) groups is 3. The Morgan fingerprint density at radius 3 is 2.54 bits per heavy atom. The number of carbonyl (C=O) groups excluding carboxylic acids is 3. The van der Waals surface area contributed by atoms with Gasteiger partial charge in [0, 0.05) is 12.0 Å². The summed E-state index contributed by atoms with van der Waals surface area (Å²) in [6.45, 7) is 4.46. The molecule has 24 heavy (non-hydrogen) atoms. The van der Waals surface area contributed by atoms with Gasteiger partial charge in [0.1, 0.15) is 5.75 Å². The maximum absolute atomic E-state index is 12.5. The molecule has 0 heterocycles. The number of unbranched alkanes of at least 4 members (excludes halogenated alkanes) is 3. The predicted molar refractivity (Wildman–Crippen MR) is 89.5 cm³/mol. The van der Waals surface area contributed by atoms with E-state index in [-0.39, 0.29) is 17.5 Å². The van der Waals surface area contributed by atoms with Gasteiger partial charge in [-0.05, 0) is 18.9 Å². The monoisotopic (exact) mass is 332 g/mol. The second-order valence-corrected chi connectivity index (χ2v) is 5.94. The third-order valence-electron chi connectivity index (χ3n) is 3.97. The van der Waals surface area contributed by atoms with Crippen molar-refractivity contribution in [3.05, 3.63) is 29.3 Å². The van der Waals surface area contributed by atoms with Crippen LogP contribution in [0.2, 0.25) is 0 Å². The molecule has 0 saturated carbocycles. The second-order valence-electron chi connectivity index (χ2n) is 5.94. The zero-order valence-electron chi connectivity index (χ0n) is 14.3. The summed E-state index contributed by atoms with van der Waals surface area (Å²) < 4.78 is 10.8. The summed E-state index contributed by atoms with van der Waals surface area (Å²) in [5.41, 5.74) is 0.521. The van der Waals surface area contributed by atoms with Gasteiger partial charge >= 0.3 is 5.97 Å².